The monoisotopic (exact) mass is 514 g/mol. The number of carbonyl (C=O) groups excluding carboxylic acids is 2. The van der Waals surface area contributed by atoms with Gasteiger partial charge >= 0.3 is 6.18 Å². The summed E-state index contributed by atoms with van der Waals surface area (Å²) < 4.78 is 64.1. The summed E-state index contributed by atoms with van der Waals surface area (Å²) in [5.74, 6) is -1.61. The molecule has 2 unspecified atom stereocenters. The predicted molar refractivity (Wildman–Crippen MR) is 124 cm³/mol. The molecule has 2 heterocycles. The number of rotatable bonds is 5. The Kier molecular flexibility index (Phi) is 6.49. The van der Waals surface area contributed by atoms with Gasteiger partial charge in [-0.1, -0.05) is 24.3 Å². The van der Waals surface area contributed by atoms with Gasteiger partial charge in [-0.15, -0.1) is 0 Å². The first kappa shape index (κ1) is 24.6. The molecule has 2 atom stereocenters. The van der Waals surface area contributed by atoms with Crippen molar-refractivity contribution in [3.05, 3.63) is 94.8 Å². The Hall–Kier alpha value is -4.08. The third-order valence-electron chi connectivity index (χ3n) is 6.58. The van der Waals surface area contributed by atoms with Crippen LogP contribution in [0.3, 0.4) is 0 Å². The van der Waals surface area contributed by atoms with E-state index in [9.17, 15) is 27.2 Å². The molecule has 10 heteroatoms. The lowest BCUT2D eigenvalue weighted by Gasteiger charge is -2.19. The predicted octanol–water partition coefficient (Wildman–Crippen LogP) is 4.75. The maximum Gasteiger partial charge on any atom is 0.416 e. The Morgan fingerprint density at radius 2 is 1.70 bits per heavy atom. The van der Waals surface area contributed by atoms with Crippen molar-refractivity contribution in [2.45, 2.75) is 18.6 Å². The average Bonchev–Trinajstić information content (AvgIpc) is 3.54. The normalized spacial score (nSPS) is 18.6. The van der Waals surface area contributed by atoms with Crippen LogP contribution in [-0.4, -0.2) is 36.6 Å². The molecule has 1 saturated heterocycles. The largest absolute Gasteiger partial charge is 0.454 e. The number of likely N-dealkylation sites (tertiary alicyclic amines) is 1. The van der Waals surface area contributed by atoms with Crippen LogP contribution in [0.4, 0.5) is 17.6 Å². The van der Waals surface area contributed by atoms with Crippen LogP contribution in [0.1, 0.15) is 33.0 Å². The lowest BCUT2D eigenvalue weighted by atomic mass is 9.87. The Bertz CT molecular complexity index is 1330. The van der Waals surface area contributed by atoms with Crippen LogP contribution >= 0.6 is 0 Å². The second-order valence-electron chi connectivity index (χ2n) is 8.96. The second-order valence-corrected chi connectivity index (χ2v) is 8.96. The van der Waals surface area contributed by atoms with Gasteiger partial charge in [0.05, 0.1) is 11.5 Å². The lowest BCUT2D eigenvalue weighted by Crippen LogP contribution is -2.35. The number of amides is 2. The molecule has 37 heavy (non-hydrogen) atoms. The van der Waals surface area contributed by atoms with E-state index in [2.05, 4.69) is 5.32 Å². The number of halogens is 4. The van der Waals surface area contributed by atoms with Crippen molar-refractivity contribution >= 4 is 11.8 Å². The van der Waals surface area contributed by atoms with E-state index in [4.69, 9.17) is 9.47 Å². The van der Waals surface area contributed by atoms with E-state index in [1.165, 1.54) is 29.2 Å². The van der Waals surface area contributed by atoms with E-state index in [1.54, 1.807) is 18.2 Å². The van der Waals surface area contributed by atoms with Crippen molar-refractivity contribution in [3.8, 4) is 11.5 Å². The zero-order valence-electron chi connectivity index (χ0n) is 19.4. The van der Waals surface area contributed by atoms with Crippen molar-refractivity contribution in [2.75, 3.05) is 19.9 Å². The fraction of sp³-hybridized carbons (Fsp3) is 0.259. The maximum atomic E-state index is 13.4. The summed E-state index contributed by atoms with van der Waals surface area (Å²) in [6, 6.07) is 15.1. The SMILES string of the molecule is O=C(NCc1ccc2c(c1)OCO2)C1CN(C(=O)c2ccc(F)cc2)CC1c1cccc(C(F)(F)F)c1. The third-order valence-corrected chi connectivity index (χ3v) is 6.58. The molecule has 0 aliphatic carbocycles. The maximum absolute atomic E-state index is 13.4. The molecule has 0 spiro atoms. The number of fused-ring (bicyclic) bond motifs is 1. The first-order valence-electron chi connectivity index (χ1n) is 11.6. The minimum Gasteiger partial charge on any atom is -0.454 e. The fourth-order valence-corrected chi connectivity index (χ4v) is 4.66. The topological polar surface area (TPSA) is 67.9 Å². The van der Waals surface area contributed by atoms with Gasteiger partial charge in [-0.05, 0) is 53.6 Å². The molecule has 0 aromatic heterocycles. The summed E-state index contributed by atoms with van der Waals surface area (Å²) in [5.41, 5.74) is 0.469. The number of hydrogen-bond donors (Lipinski definition) is 1. The average molecular weight is 514 g/mol. The highest BCUT2D eigenvalue weighted by molar-refractivity contribution is 5.95. The summed E-state index contributed by atoms with van der Waals surface area (Å²) >= 11 is 0. The highest BCUT2D eigenvalue weighted by Crippen LogP contribution is 2.37. The third kappa shape index (κ3) is 5.23. The number of ether oxygens (including phenoxy) is 2. The van der Waals surface area contributed by atoms with Gasteiger partial charge < -0.3 is 19.7 Å². The lowest BCUT2D eigenvalue weighted by molar-refractivity contribution is -0.137. The van der Waals surface area contributed by atoms with Crippen LogP contribution in [0.15, 0.2) is 66.7 Å². The Labute approximate surface area is 209 Å². The van der Waals surface area contributed by atoms with E-state index >= 15 is 0 Å². The van der Waals surface area contributed by atoms with Gasteiger partial charge in [-0.3, -0.25) is 9.59 Å². The zero-order chi connectivity index (χ0) is 26.2. The molecule has 3 aromatic carbocycles. The Morgan fingerprint density at radius 1 is 0.946 bits per heavy atom. The summed E-state index contributed by atoms with van der Waals surface area (Å²) in [7, 11) is 0. The van der Waals surface area contributed by atoms with Gasteiger partial charge in [-0.25, -0.2) is 4.39 Å². The first-order valence-corrected chi connectivity index (χ1v) is 11.6. The van der Waals surface area contributed by atoms with Crippen LogP contribution in [0.2, 0.25) is 0 Å². The molecule has 2 aliphatic rings. The van der Waals surface area contributed by atoms with E-state index in [0.717, 1.165) is 29.8 Å². The van der Waals surface area contributed by atoms with Crippen molar-refractivity contribution < 1.29 is 36.6 Å². The first-order chi connectivity index (χ1) is 17.7. The van der Waals surface area contributed by atoms with Gasteiger partial charge in [0, 0.05) is 31.1 Å². The van der Waals surface area contributed by atoms with Crippen molar-refractivity contribution in [3.63, 3.8) is 0 Å². The van der Waals surface area contributed by atoms with Crippen molar-refractivity contribution in [1.82, 2.24) is 10.2 Å². The molecular weight excluding hydrogens is 492 g/mol. The highest BCUT2D eigenvalue weighted by atomic mass is 19.4. The molecule has 1 fully saturated rings. The molecule has 2 aliphatic heterocycles. The molecule has 0 saturated carbocycles. The molecule has 1 N–H and O–H groups in total. The number of benzene rings is 3. The van der Waals surface area contributed by atoms with Crippen LogP contribution in [0.25, 0.3) is 0 Å². The van der Waals surface area contributed by atoms with Gasteiger partial charge in [0.2, 0.25) is 12.7 Å². The van der Waals surface area contributed by atoms with Gasteiger partial charge in [-0.2, -0.15) is 13.2 Å². The molecule has 192 valence electrons. The molecule has 0 radical (unpaired) electrons. The quantitative estimate of drug-likeness (QED) is 0.500. The minimum absolute atomic E-state index is 0.00406. The molecule has 2 amide bonds. The zero-order valence-corrected chi connectivity index (χ0v) is 19.4. The van der Waals surface area contributed by atoms with E-state index in [-0.39, 0.29) is 32.0 Å². The van der Waals surface area contributed by atoms with Gasteiger partial charge in [0.1, 0.15) is 5.82 Å². The Balaban J connectivity index is 1.38. The molecule has 6 nitrogen and oxygen atoms in total. The molecular formula is C27H22F4N2O4. The minimum atomic E-state index is -4.55. The van der Waals surface area contributed by atoms with Crippen LogP contribution in [0, 0.1) is 11.7 Å². The summed E-state index contributed by atoms with van der Waals surface area (Å²) in [6.45, 7) is 0.320. The van der Waals surface area contributed by atoms with Crippen LogP contribution in [-0.2, 0) is 17.5 Å². The summed E-state index contributed by atoms with van der Waals surface area (Å²) in [5, 5.41) is 2.84. The highest BCUT2D eigenvalue weighted by Gasteiger charge is 2.41. The number of nitrogens with one attached hydrogen (secondary N) is 1. The van der Waals surface area contributed by atoms with Gasteiger partial charge in [0.25, 0.3) is 5.91 Å². The number of carbonyl (C=O) groups is 2. The second kappa shape index (κ2) is 9.76. The Morgan fingerprint density at radius 3 is 2.46 bits per heavy atom. The van der Waals surface area contributed by atoms with Crippen LogP contribution < -0.4 is 14.8 Å². The van der Waals surface area contributed by atoms with Crippen molar-refractivity contribution in [2.24, 2.45) is 5.92 Å². The van der Waals surface area contributed by atoms with E-state index < -0.39 is 41.2 Å². The summed E-state index contributed by atoms with van der Waals surface area (Å²) in [6.07, 6.45) is -4.55. The fourth-order valence-electron chi connectivity index (χ4n) is 4.66. The van der Waals surface area contributed by atoms with E-state index in [1.807, 2.05) is 0 Å². The van der Waals surface area contributed by atoms with Crippen molar-refractivity contribution in [1.29, 1.82) is 0 Å². The standard InChI is InChI=1S/C27H22F4N2O4/c28-20-7-5-17(6-8-20)26(35)33-13-21(18-2-1-3-19(11-18)27(29,30)31)22(14-33)25(34)32-12-16-4-9-23-24(10-16)37-15-36-23/h1-11,21-22H,12-15H2,(H,32,34). The summed E-state index contributed by atoms with van der Waals surface area (Å²) in [4.78, 5) is 27.8. The van der Waals surface area contributed by atoms with E-state index in [0.29, 0.717) is 17.1 Å². The van der Waals surface area contributed by atoms with Gasteiger partial charge in [0.15, 0.2) is 11.5 Å². The number of alkyl halides is 3. The molecule has 3 aromatic rings. The number of hydrogen-bond acceptors (Lipinski definition) is 4. The van der Waals surface area contributed by atoms with Crippen LogP contribution in [0.5, 0.6) is 11.5 Å². The molecule has 5 rings (SSSR count). The smallest absolute Gasteiger partial charge is 0.416 e. The number of nitrogens with zero attached hydrogens (tertiary/aromatic N) is 1. The molecule has 0 bridgehead atoms.